The van der Waals surface area contributed by atoms with Crippen LogP contribution in [0.3, 0.4) is 0 Å². The summed E-state index contributed by atoms with van der Waals surface area (Å²) in [6, 6.07) is -0.299. The summed E-state index contributed by atoms with van der Waals surface area (Å²) in [6.45, 7) is 1.76. The molecule has 0 bridgehead atoms. The zero-order chi connectivity index (χ0) is 9.42. The van der Waals surface area contributed by atoms with Crippen LogP contribution in [0.2, 0.25) is 0 Å². The first kappa shape index (κ1) is 7.97. The summed E-state index contributed by atoms with van der Waals surface area (Å²) in [6.07, 6.45) is 3.49. The maximum absolute atomic E-state index is 11.1. The van der Waals surface area contributed by atoms with E-state index < -0.39 is 0 Å². The van der Waals surface area contributed by atoms with Crippen molar-refractivity contribution in [2.75, 3.05) is 0 Å². The molecule has 0 spiro atoms. The molecule has 1 unspecified atom stereocenters. The van der Waals surface area contributed by atoms with Crippen LogP contribution in [0.15, 0.2) is 17.4 Å². The standard InChI is InChI=1S/C8H10N4O/c1-5-8(13)11-6(10-5)7-9-3-4-12(7)2/h3-5H,1-2H3,(H,10,11,13). The molecule has 1 aliphatic rings. The lowest BCUT2D eigenvalue weighted by Gasteiger charge is -1.99. The highest BCUT2D eigenvalue weighted by Crippen LogP contribution is 2.04. The predicted molar refractivity (Wildman–Crippen MR) is 47.3 cm³/mol. The monoisotopic (exact) mass is 178 g/mol. The van der Waals surface area contributed by atoms with Crippen molar-refractivity contribution in [2.45, 2.75) is 13.0 Å². The second-order valence-electron chi connectivity index (χ2n) is 3.00. The number of rotatable bonds is 1. The van der Waals surface area contributed by atoms with Gasteiger partial charge in [0, 0.05) is 19.4 Å². The molecule has 13 heavy (non-hydrogen) atoms. The van der Waals surface area contributed by atoms with E-state index >= 15 is 0 Å². The first-order valence-electron chi connectivity index (χ1n) is 4.05. The van der Waals surface area contributed by atoms with Crippen molar-refractivity contribution in [1.29, 1.82) is 0 Å². The Balaban J connectivity index is 2.35. The highest BCUT2D eigenvalue weighted by molar-refractivity contribution is 6.11. The fraction of sp³-hybridized carbons (Fsp3) is 0.375. The molecule has 0 radical (unpaired) electrons. The zero-order valence-electron chi connectivity index (χ0n) is 7.48. The van der Waals surface area contributed by atoms with E-state index in [4.69, 9.17) is 0 Å². The molecule has 5 heteroatoms. The summed E-state index contributed by atoms with van der Waals surface area (Å²) in [5.74, 6) is 1.18. The molecule has 1 aromatic rings. The maximum atomic E-state index is 11.1. The van der Waals surface area contributed by atoms with Gasteiger partial charge in [-0.15, -0.1) is 0 Å². The lowest BCUT2D eigenvalue weighted by molar-refractivity contribution is -0.119. The smallest absolute Gasteiger partial charge is 0.250 e. The van der Waals surface area contributed by atoms with E-state index in [0.29, 0.717) is 11.7 Å². The van der Waals surface area contributed by atoms with Gasteiger partial charge in [-0.1, -0.05) is 0 Å². The maximum Gasteiger partial charge on any atom is 0.250 e. The lowest BCUT2D eigenvalue weighted by atomic mass is 10.4. The van der Waals surface area contributed by atoms with Crippen LogP contribution in [-0.2, 0) is 11.8 Å². The summed E-state index contributed by atoms with van der Waals surface area (Å²) in [7, 11) is 1.86. The van der Waals surface area contributed by atoms with E-state index in [-0.39, 0.29) is 11.9 Å². The molecular formula is C8H10N4O. The van der Waals surface area contributed by atoms with Crippen molar-refractivity contribution in [3.05, 3.63) is 18.2 Å². The molecule has 0 aliphatic carbocycles. The van der Waals surface area contributed by atoms with Gasteiger partial charge in [0.1, 0.15) is 6.04 Å². The van der Waals surface area contributed by atoms with Crippen molar-refractivity contribution >= 4 is 11.7 Å². The summed E-state index contributed by atoms with van der Waals surface area (Å²) in [4.78, 5) is 19.4. The quantitative estimate of drug-likeness (QED) is 0.641. The molecule has 1 aromatic heterocycles. The number of aliphatic imine (C=N–C) groups is 1. The minimum Gasteiger partial charge on any atom is -0.331 e. The Hall–Kier alpha value is -1.65. The van der Waals surface area contributed by atoms with E-state index in [1.54, 1.807) is 13.1 Å². The fourth-order valence-corrected chi connectivity index (χ4v) is 1.21. The van der Waals surface area contributed by atoms with Gasteiger partial charge in [-0.3, -0.25) is 9.79 Å². The summed E-state index contributed by atoms with van der Waals surface area (Å²) < 4.78 is 1.82. The fourth-order valence-electron chi connectivity index (χ4n) is 1.21. The first-order chi connectivity index (χ1) is 6.18. The van der Waals surface area contributed by atoms with Gasteiger partial charge in [-0.2, -0.15) is 0 Å². The molecule has 0 aromatic carbocycles. The Morgan fingerprint density at radius 3 is 2.85 bits per heavy atom. The van der Waals surface area contributed by atoms with E-state index in [2.05, 4.69) is 15.3 Å². The van der Waals surface area contributed by atoms with Crippen molar-refractivity contribution in [3.63, 3.8) is 0 Å². The Morgan fingerprint density at radius 2 is 2.38 bits per heavy atom. The first-order valence-corrected chi connectivity index (χ1v) is 4.05. The van der Waals surface area contributed by atoms with E-state index in [1.165, 1.54) is 0 Å². The summed E-state index contributed by atoms with van der Waals surface area (Å²) >= 11 is 0. The molecule has 1 atom stereocenters. The van der Waals surface area contributed by atoms with Crippen LogP contribution in [0, 0.1) is 0 Å². The minimum absolute atomic E-state index is 0.0713. The van der Waals surface area contributed by atoms with Gasteiger partial charge in [0.15, 0.2) is 11.7 Å². The van der Waals surface area contributed by atoms with Crippen molar-refractivity contribution < 1.29 is 4.79 Å². The Labute approximate surface area is 75.5 Å². The third kappa shape index (κ3) is 1.22. The van der Waals surface area contributed by atoms with Crippen LogP contribution in [0.25, 0.3) is 0 Å². The van der Waals surface area contributed by atoms with Crippen molar-refractivity contribution in [1.82, 2.24) is 14.9 Å². The molecule has 0 saturated carbocycles. The molecule has 0 fully saturated rings. The Bertz CT molecular complexity index is 379. The Kier molecular flexibility index (Phi) is 1.65. The van der Waals surface area contributed by atoms with Crippen molar-refractivity contribution in [3.8, 4) is 0 Å². The number of amides is 1. The average molecular weight is 178 g/mol. The molecule has 1 N–H and O–H groups in total. The van der Waals surface area contributed by atoms with Gasteiger partial charge in [0.25, 0.3) is 0 Å². The number of nitrogens with one attached hydrogen (secondary N) is 1. The van der Waals surface area contributed by atoms with Crippen LogP contribution in [0.5, 0.6) is 0 Å². The van der Waals surface area contributed by atoms with Crippen LogP contribution in [0.1, 0.15) is 12.7 Å². The topological polar surface area (TPSA) is 59.3 Å². The molecular weight excluding hydrogens is 168 g/mol. The van der Waals surface area contributed by atoms with Gasteiger partial charge in [0.05, 0.1) is 0 Å². The predicted octanol–water partition coefficient (Wildman–Crippen LogP) is -0.315. The molecule has 0 saturated heterocycles. The number of hydrogen-bond acceptors (Lipinski definition) is 3. The largest absolute Gasteiger partial charge is 0.331 e. The molecule has 68 valence electrons. The molecule has 2 heterocycles. The van der Waals surface area contributed by atoms with Gasteiger partial charge in [0.2, 0.25) is 5.91 Å². The van der Waals surface area contributed by atoms with E-state index in [0.717, 1.165) is 0 Å². The number of carbonyl (C=O) groups is 1. The second kappa shape index (κ2) is 2.69. The third-order valence-electron chi connectivity index (χ3n) is 1.98. The van der Waals surface area contributed by atoms with Gasteiger partial charge >= 0.3 is 0 Å². The zero-order valence-corrected chi connectivity index (χ0v) is 7.48. The molecule has 1 amide bonds. The minimum atomic E-state index is -0.299. The number of aryl methyl sites for hydroxylation is 1. The highest BCUT2D eigenvalue weighted by atomic mass is 16.2. The normalized spacial score (nSPS) is 21.5. The van der Waals surface area contributed by atoms with Gasteiger partial charge < -0.3 is 9.88 Å². The van der Waals surface area contributed by atoms with Gasteiger partial charge in [-0.25, -0.2) is 4.98 Å². The SMILES string of the molecule is CC1N=C(c2nccn2C)NC1=O. The van der Waals surface area contributed by atoms with Crippen LogP contribution in [0.4, 0.5) is 0 Å². The van der Waals surface area contributed by atoms with E-state index in [1.807, 2.05) is 17.8 Å². The molecule has 1 aliphatic heterocycles. The number of nitrogens with zero attached hydrogens (tertiary/aromatic N) is 3. The number of amidine groups is 1. The van der Waals surface area contributed by atoms with E-state index in [9.17, 15) is 4.79 Å². The molecule has 5 nitrogen and oxygen atoms in total. The number of aromatic nitrogens is 2. The Morgan fingerprint density at radius 1 is 1.62 bits per heavy atom. The van der Waals surface area contributed by atoms with Crippen molar-refractivity contribution in [2.24, 2.45) is 12.0 Å². The highest BCUT2D eigenvalue weighted by Gasteiger charge is 2.24. The third-order valence-corrected chi connectivity index (χ3v) is 1.98. The lowest BCUT2D eigenvalue weighted by Crippen LogP contribution is -2.29. The van der Waals surface area contributed by atoms with Crippen LogP contribution < -0.4 is 5.32 Å². The van der Waals surface area contributed by atoms with Gasteiger partial charge in [-0.05, 0) is 6.92 Å². The second-order valence-corrected chi connectivity index (χ2v) is 3.00. The molecule has 2 rings (SSSR count). The van der Waals surface area contributed by atoms with Crippen LogP contribution in [-0.4, -0.2) is 27.3 Å². The number of carbonyl (C=O) groups excluding carboxylic acids is 1. The summed E-state index contributed by atoms with van der Waals surface area (Å²) in [5.41, 5.74) is 0. The van der Waals surface area contributed by atoms with Crippen LogP contribution >= 0.6 is 0 Å². The number of hydrogen-bond donors (Lipinski definition) is 1. The average Bonchev–Trinajstić information content (AvgIpc) is 2.60. The summed E-state index contributed by atoms with van der Waals surface area (Å²) in [5, 5.41) is 2.67. The number of imidazole rings is 1.